The van der Waals surface area contributed by atoms with Crippen molar-refractivity contribution >= 4 is 11.8 Å². The van der Waals surface area contributed by atoms with Gasteiger partial charge in [-0.1, -0.05) is 13.0 Å². The van der Waals surface area contributed by atoms with E-state index in [1.54, 1.807) is 6.07 Å². The van der Waals surface area contributed by atoms with Crippen molar-refractivity contribution in [3.05, 3.63) is 35.6 Å². The van der Waals surface area contributed by atoms with Gasteiger partial charge in [0, 0.05) is 24.6 Å². The number of benzene rings is 1. The molecule has 2 amide bonds. The van der Waals surface area contributed by atoms with Crippen molar-refractivity contribution in [3.63, 3.8) is 0 Å². The van der Waals surface area contributed by atoms with E-state index in [1.165, 1.54) is 18.2 Å². The lowest BCUT2D eigenvalue weighted by molar-refractivity contribution is -0.119. The van der Waals surface area contributed by atoms with E-state index in [1.807, 2.05) is 0 Å². The Labute approximate surface area is 123 Å². The van der Waals surface area contributed by atoms with Crippen LogP contribution in [-0.2, 0) is 4.79 Å². The second-order valence-corrected chi connectivity index (χ2v) is 6.14. The zero-order valence-corrected chi connectivity index (χ0v) is 11.9. The lowest BCUT2D eigenvalue weighted by Gasteiger charge is -2.21. The number of fused-ring (bicyclic) bond motifs is 1. The summed E-state index contributed by atoms with van der Waals surface area (Å²) < 4.78 is 13.1. The fourth-order valence-corrected chi connectivity index (χ4v) is 3.70. The van der Waals surface area contributed by atoms with Gasteiger partial charge >= 0.3 is 0 Å². The van der Waals surface area contributed by atoms with Crippen molar-refractivity contribution in [1.82, 2.24) is 10.6 Å². The molecule has 1 aliphatic heterocycles. The summed E-state index contributed by atoms with van der Waals surface area (Å²) in [5.41, 5.74) is 0.331. The molecule has 0 bridgehead atoms. The standard InChI is InChI=1S/C16H19FN2O2/c1-9-5-14-12(7-15(20)19-14)13(9)8-18-16(21)10-3-2-4-11(17)6-10/h2-4,6,9,12-14H,5,7-8H2,1H3,(H,18,21)(H,19,20)/t9-,12-,13+,14+/m0/s1. The molecular formula is C16H19FN2O2. The van der Waals surface area contributed by atoms with Gasteiger partial charge in [-0.3, -0.25) is 9.59 Å². The van der Waals surface area contributed by atoms with E-state index < -0.39 is 5.82 Å². The molecule has 21 heavy (non-hydrogen) atoms. The largest absolute Gasteiger partial charge is 0.353 e. The summed E-state index contributed by atoms with van der Waals surface area (Å²) in [5, 5.41) is 5.88. The number of carbonyl (C=O) groups excluding carboxylic acids is 2. The molecule has 1 aromatic rings. The van der Waals surface area contributed by atoms with E-state index in [0.717, 1.165) is 6.42 Å². The average molecular weight is 290 g/mol. The molecule has 2 N–H and O–H groups in total. The van der Waals surface area contributed by atoms with Crippen LogP contribution in [0.5, 0.6) is 0 Å². The van der Waals surface area contributed by atoms with Crippen molar-refractivity contribution in [1.29, 1.82) is 0 Å². The van der Waals surface area contributed by atoms with E-state index in [2.05, 4.69) is 17.6 Å². The SMILES string of the molecule is C[C@H]1C[C@H]2NC(=O)C[C@H]2[C@@H]1CNC(=O)c1cccc(F)c1. The molecule has 1 heterocycles. The van der Waals surface area contributed by atoms with Crippen LogP contribution in [0.2, 0.25) is 0 Å². The maximum absolute atomic E-state index is 13.1. The Hall–Kier alpha value is -1.91. The first-order valence-corrected chi connectivity index (χ1v) is 7.37. The van der Waals surface area contributed by atoms with Crippen LogP contribution in [0, 0.1) is 23.6 Å². The van der Waals surface area contributed by atoms with Gasteiger partial charge in [0.2, 0.25) is 5.91 Å². The first-order valence-electron chi connectivity index (χ1n) is 7.37. The van der Waals surface area contributed by atoms with Gasteiger partial charge in [0.05, 0.1) is 0 Å². The summed E-state index contributed by atoms with van der Waals surface area (Å²) in [6, 6.07) is 5.93. The summed E-state index contributed by atoms with van der Waals surface area (Å²) in [6.07, 6.45) is 1.52. The summed E-state index contributed by atoms with van der Waals surface area (Å²) in [6.45, 7) is 2.69. The summed E-state index contributed by atoms with van der Waals surface area (Å²) in [4.78, 5) is 23.5. The molecule has 0 spiro atoms. The molecule has 0 aromatic heterocycles. The zero-order chi connectivity index (χ0) is 15.0. The number of amides is 2. The molecule has 1 saturated heterocycles. The van der Waals surface area contributed by atoms with Crippen LogP contribution in [0.25, 0.3) is 0 Å². The zero-order valence-electron chi connectivity index (χ0n) is 11.9. The first kappa shape index (κ1) is 14.0. The number of halogens is 1. The minimum atomic E-state index is -0.414. The fraction of sp³-hybridized carbons (Fsp3) is 0.500. The number of hydrogen-bond acceptors (Lipinski definition) is 2. The second-order valence-electron chi connectivity index (χ2n) is 6.14. The molecular weight excluding hydrogens is 271 g/mol. The highest BCUT2D eigenvalue weighted by Gasteiger charge is 2.46. The van der Waals surface area contributed by atoms with Crippen LogP contribution in [0.4, 0.5) is 4.39 Å². The van der Waals surface area contributed by atoms with Gasteiger partial charge in [0.25, 0.3) is 5.91 Å². The number of rotatable bonds is 3. The Morgan fingerprint density at radius 2 is 2.29 bits per heavy atom. The maximum Gasteiger partial charge on any atom is 0.251 e. The molecule has 4 atom stereocenters. The topological polar surface area (TPSA) is 58.2 Å². The third-order valence-corrected chi connectivity index (χ3v) is 4.78. The van der Waals surface area contributed by atoms with Crippen LogP contribution in [0.15, 0.2) is 24.3 Å². The molecule has 4 nitrogen and oxygen atoms in total. The Bertz CT molecular complexity index is 575. The smallest absolute Gasteiger partial charge is 0.251 e. The van der Waals surface area contributed by atoms with E-state index >= 15 is 0 Å². The van der Waals surface area contributed by atoms with Gasteiger partial charge in [-0.15, -0.1) is 0 Å². The fourth-order valence-electron chi connectivity index (χ4n) is 3.70. The van der Waals surface area contributed by atoms with Crippen molar-refractivity contribution in [3.8, 4) is 0 Å². The Balaban J connectivity index is 1.62. The van der Waals surface area contributed by atoms with Gasteiger partial charge in [0.15, 0.2) is 0 Å². The highest BCUT2D eigenvalue weighted by molar-refractivity contribution is 5.94. The molecule has 0 unspecified atom stereocenters. The Kier molecular flexibility index (Phi) is 3.66. The summed E-state index contributed by atoms with van der Waals surface area (Å²) in [5.74, 6) is 0.503. The number of nitrogens with one attached hydrogen (secondary N) is 2. The monoisotopic (exact) mass is 290 g/mol. The highest BCUT2D eigenvalue weighted by Crippen LogP contribution is 2.41. The van der Waals surface area contributed by atoms with Crippen molar-refractivity contribution in [2.45, 2.75) is 25.8 Å². The molecule has 112 valence electrons. The summed E-state index contributed by atoms with van der Waals surface area (Å²) >= 11 is 0. The van der Waals surface area contributed by atoms with Crippen molar-refractivity contribution in [2.24, 2.45) is 17.8 Å². The Morgan fingerprint density at radius 1 is 1.48 bits per heavy atom. The third kappa shape index (κ3) is 2.77. The molecule has 2 aliphatic rings. The molecule has 0 radical (unpaired) electrons. The van der Waals surface area contributed by atoms with Gasteiger partial charge in [-0.25, -0.2) is 4.39 Å². The van der Waals surface area contributed by atoms with Crippen LogP contribution < -0.4 is 10.6 Å². The normalized spacial score (nSPS) is 30.9. The minimum Gasteiger partial charge on any atom is -0.353 e. The lowest BCUT2D eigenvalue weighted by Crippen LogP contribution is -2.33. The van der Waals surface area contributed by atoms with E-state index in [4.69, 9.17) is 0 Å². The van der Waals surface area contributed by atoms with Crippen LogP contribution in [-0.4, -0.2) is 24.4 Å². The van der Waals surface area contributed by atoms with Gasteiger partial charge < -0.3 is 10.6 Å². The van der Waals surface area contributed by atoms with E-state index in [0.29, 0.717) is 36.3 Å². The predicted octanol–water partition coefficient (Wildman–Crippen LogP) is 1.72. The molecule has 1 aromatic carbocycles. The highest BCUT2D eigenvalue weighted by atomic mass is 19.1. The summed E-state index contributed by atoms with van der Waals surface area (Å²) in [7, 11) is 0. The van der Waals surface area contributed by atoms with E-state index in [9.17, 15) is 14.0 Å². The number of carbonyl (C=O) groups is 2. The average Bonchev–Trinajstić information content (AvgIpc) is 2.91. The third-order valence-electron chi connectivity index (χ3n) is 4.78. The van der Waals surface area contributed by atoms with Gasteiger partial charge in [0.1, 0.15) is 5.82 Å². The van der Waals surface area contributed by atoms with Crippen molar-refractivity contribution in [2.75, 3.05) is 6.54 Å². The Morgan fingerprint density at radius 3 is 3.05 bits per heavy atom. The molecule has 5 heteroatoms. The maximum atomic E-state index is 13.1. The second kappa shape index (κ2) is 5.47. The van der Waals surface area contributed by atoms with Crippen LogP contribution in [0.3, 0.4) is 0 Å². The molecule has 2 fully saturated rings. The predicted molar refractivity (Wildman–Crippen MR) is 76.0 cm³/mol. The first-order chi connectivity index (χ1) is 10.0. The van der Waals surface area contributed by atoms with Crippen molar-refractivity contribution < 1.29 is 14.0 Å². The van der Waals surface area contributed by atoms with Crippen LogP contribution in [0.1, 0.15) is 30.1 Å². The van der Waals surface area contributed by atoms with Gasteiger partial charge in [-0.2, -0.15) is 0 Å². The molecule has 1 aliphatic carbocycles. The number of hydrogen-bond donors (Lipinski definition) is 2. The quantitative estimate of drug-likeness (QED) is 0.890. The van der Waals surface area contributed by atoms with Gasteiger partial charge in [-0.05, 0) is 42.4 Å². The van der Waals surface area contributed by atoms with E-state index in [-0.39, 0.29) is 17.9 Å². The minimum absolute atomic E-state index is 0.110. The van der Waals surface area contributed by atoms with Crippen LogP contribution >= 0.6 is 0 Å². The molecule has 3 rings (SSSR count). The molecule has 1 saturated carbocycles. The lowest BCUT2D eigenvalue weighted by atomic mass is 9.88.